The molecule has 0 aliphatic carbocycles. The van der Waals surface area contributed by atoms with E-state index in [0.717, 1.165) is 6.08 Å². The molecular weight excluding hydrogens is 308 g/mol. The third-order valence-electron chi connectivity index (χ3n) is 2.99. The van der Waals surface area contributed by atoms with Crippen molar-refractivity contribution in [2.24, 2.45) is 5.73 Å². The fourth-order valence-corrected chi connectivity index (χ4v) is 1.94. The smallest absolute Gasteiger partial charge is 0.328 e. The highest BCUT2D eigenvalue weighted by atomic mass is 16.4. The zero-order valence-electron chi connectivity index (χ0n) is 12.6. The monoisotopic (exact) mass is 324 g/mol. The summed E-state index contributed by atoms with van der Waals surface area (Å²) >= 11 is 0. The molecule has 0 atom stereocenters. The lowest BCUT2D eigenvalue weighted by molar-refractivity contribution is -0.131. The van der Waals surface area contributed by atoms with Crippen molar-refractivity contribution in [3.05, 3.63) is 65.7 Å². The maximum absolute atomic E-state index is 12.2. The number of carboxylic acids is 1. The standard InChI is InChI=1S/C17H16N4O3/c18-17(19)21-14-3-1-2-12(10-14)16(24)20-13-7-4-11(5-8-13)6-9-15(22)23/h1-10H,(H,20,24)(H,22,23)(H4,18,19,21)/b9-6+. The number of amides is 1. The van der Waals surface area contributed by atoms with Gasteiger partial charge in [0.25, 0.3) is 5.91 Å². The van der Waals surface area contributed by atoms with E-state index in [0.29, 0.717) is 22.5 Å². The third kappa shape index (κ3) is 4.99. The molecule has 0 bridgehead atoms. The van der Waals surface area contributed by atoms with Crippen molar-refractivity contribution in [1.82, 2.24) is 0 Å². The van der Waals surface area contributed by atoms with Gasteiger partial charge in [-0.2, -0.15) is 0 Å². The predicted molar refractivity (Wildman–Crippen MR) is 93.0 cm³/mol. The molecule has 2 aromatic rings. The molecule has 7 heteroatoms. The van der Waals surface area contributed by atoms with E-state index < -0.39 is 5.97 Å². The van der Waals surface area contributed by atoms with Crippen LogP contribution in [0.15, 0.2) is 54.6 Å². The second-order valence-electron chi connectivity index (χ2n) is 4.87. The number of aliphatic carboxylic acids is 1. The Hall–Kier alpha value is -3.61. The molecule has 6 N–H and O–H groups in total. The van der Waals surface area contributed by atoms with E-state index in [1.165, 1.54) is 6.08 Å². The number of benzene rings is 2. The van der Waals surface area contributed by atoms with Gasteiger partial charge < -0.3 is 21.5 Å². The van der Waals surface area contributed by atoms with E-state index >= 15 is 0 Å². The van der Waals surface area contributed by atoms with Gasteiger partial charge in [0.1, 0.15) is 0 Å². The lowest BCUT2D eigenvalue weighted by Crippen LogP contribution is -2.20. The number of nitrogens with one attached hydrogen (secondary N) is 3. The van der Waals surface area contributed by atoms with E-state index in [2.05, 4.69) is 10.6 Å². The summed E-state index contributed by atoms with van der Waals surface area (Å²) in [5.41, 5.74) is 7.51. The van der Waals surface area contributed by atoms with Crippen LogP contribution in [-0.2, 0) is 4.79 Å². The fraction of sp³-hybridized carbons (Fsp3) is 0. The van der Waals surface area contributed by atoms with E-state index in [9.17, 15) is 9.59 Å². The zero-order valence-corrected chi connectivity index (χ0v) is 12.6. The van der Waals surface area contributed by atoms with Gasteiger partial charge >= 0.3 is 5.97 Å². The molecule has 0 heterocycles. The quantitative estimate of drug-likeness (QED) is 0.327. The van der Waals surface area contributed by atoms with Gasteiger partial charge in [-0.1, -0.05) is 18.2 Å². The third-order valence-corrected chi connectivity index (χ3v) is 2.99. The average Bonchev–Trinajstić information content (AvgIpc) is 2.53. The Kier molecular flexibility index (Phi) is 5.30. The summed E-state index contributed by atoms with van der Waals surface area (Å²) < 4.78 is 0. The second-order valence-corrected chi connectivity index (χ2v) is 4.87. The molecule has 0 saturated heterocycles. The number of guanidine groups is 1. The van der Waals surface area contributed by atoms with Crippen LogP contribution in [0.2, 0.25) is 0 Å². The van der Waals surface area contributed by atoms with Crippen molar-refractivity contribution in [2.45, 2.75) is 0 Å². The van der Waals surface area contributed by atoms with E-state index in [-0.39, 0.29) is 11.9 Å². The Balaban J connectivity index is 2.06. The summed E-state index contributed by atoms with van der Waals surface area (Å²) in [6, 6.07) is 13.4. The maximum Gasteiger partial charge on any atom is 0.328 e. The topological polar surface area (TPSA) is 128 Å². The first kappa shape index (κ1) is 16.8. The number of carbonyl (C=O) groups is 2. The lowest BCUT2D eigenvalue weighted by atomic mass is 10.1. The molecule has 0 radical (unpaired) electrons. The van der Waals surface area contributed by atoms with E-state index in [1.807, 2.05) is 0 Å². The number of rotatable bonds is 5. The van der Waals surface area contributed by atoms with Gasteiger partial charge in [-0.15, -0.1) is 0 Å². The molecule has 122 valence electrons. The van der Waals surface area contributed by atoms with Crippen LogP contribution < -0.4 is 16.4 Å². The van der Waals surface area contributed by atoms with Crippen molar-refractivity contribution in [2.75, 3.05) is 10.6 Å². The van der Waals surface area contributed by atoms with Crippen LogP contribution in [0.3, 0.4) is 0 Å². The molecule has 0 fully saturated rings. The highest BCUT2D eigenvalue weighted by molar-refractivity contribution is 6.05. The van der Waals surface area contributed by atoms with E-state index in [1.54, 1.807) is 48.5 Å². The first-order valence-electron chi connectivity index (χ1n) is 6.97. The number of hydrogen-bond donors (Lipinski definition) is 5. The van der Waals surface area contributed by atoms with Gasteiger partial charge in [0, 0.05) is 23.0 Å². The predicted octanol–water partition coefficient (Wildman–Crippen LogP) is 2.34. The minimum atomic E-state index is -1.02. The molecule has 2 aromatic carbocycles. The summed E-state index contributed by atoms with van der Waals surface area (Å²) in [5, 5.41) is 21.1. The molecular formula is C17H16N4O3. The SMILES string of the molecule is N=C(N)Nc1cccc(C(=O)Nc2ccc(/C=C/C(=O)O)cc2)c1. The number of hydrogen-bond acceptors (Lipinski definition) is 3. The van der Waals surface area contributed by atoms with Crippen molar-refractivity contribution >= 4 is 35.3 Å². The Morgan fingerprint density at radius 3 is 2.38 bits per heavy atom. The Morgan fingerprint density at radius 1 is 1.04 bits per heavy atom. The molecule has 0 aliphatic rings. The first-order chi connectivity index (χ1) is 11.4. The van der Waals surface area contributed by atoms with Crippen molar-refractivity contribution in [3.8, 4) is 0 Å². The maximum atomic E-state index is 12.2. The minimum absolute atomic E-state index is 0.211. The highest BCUT2D eigenvalue weighted by Crippen LogP contribution is 2.15. The van der Waals surface area contributed by atoms with Gasteiger partial charge in [-0.25, -0.2) is 4.79 Å². The summed E-state index contributed by atoms with van der Waals surface area (Å²) in [5.74, 6) is -1.54. The highest BCUT2D eigenvalue weighted by Gasteiger charge is 2.07. The Morgan fingerprint density at radius 2 is 1.75 bits per heavy atom. The average molecular weight is 324 g/mol. The summed E-state index contributed by atoms with van der Waals surface area (Å²) in [7, 11) is 0. The van der Waals surface area contributed by atoms with Gasteiger partial charge in [-0.05, 0) is 42.0 Å². The van der Waals surface area contributed by atoms with Crippen LogP contribution in [0.5, 0.6) is 0 Å². The van der Waals surface area contributed by atoms with Crippen LogP contribution >= 0.6 is 0 Å². The second kappa shape index (κ2) is 7.59. The van der Waals surface area contributed by atoms with E-state index in [4.69, 9.17) is 16.2 Å². The largest absolute Gasteiger partial charge is 0.478 e. The van der Waals surface area contributed by atoms with Gasteiger partial charge in [0.05, 0.1) is 0 Å². The fourth-order valence-electron chi connectivity index (χ4n) is 1.94. The number of carbonyl (C=O) groups excluding carboxylic acids is 1. The molecule has 2 rings (SSSR count). The van der Waals surface area contributed by atoms with Crippen LogP contribution in [0.1, 0.15) is 15.9 Å². The minimum Gasteiger partial charge on any atom is -0.478 e. The van der Waals surface area contributed by atoms with Crippen LogP contribution in [0.4, 0.5) is 11.4 Å². The summed E-state index contributed by atoms with van der Waals surface area (Å²) in [6.45, 7) is 0. The van der Waals surface area contributed by atoms with Gasteiger partial charge in [0.15, 0.2) is 5.96 Å². The first-order valence-corrected chi connectivity index (χ1v) is 6.97. The zero-order chi connectivity index (χ0) is 17.5. The number of carboxylic acid groups (broad SMARTS) is 1. The molecule has 1 amide bonds. The Labute approximate surface area is 138 Å². The van der Waals surface area contributed by atoms with Gasteiger partial charge in [0.2, 0.25) is 0 Å². The molecule has 0 unspecified atom stereocenters. The lowest BCUT2D eigenvalue weighted by Gasteiger charge is -2.08. The van der Waals surface area contributed by atoms with Crippen LogP contribution in [0.25, 0.3) is 6.08 Å². The molecule has 0 spiro atoms. The number of anilines is 2. The summed E-state index contributed by atoms with van der Waals surface area (Å²) in [6.07, 6.45) is 2.51. The van der Waals surface area contributed by atoms with Gasteiger partial charge in [-0.3, -0.25) is 10.2 Å². The molecule has 24 heavy (non-hydrogen) atoms. The number of nitrogens with two attached hydrogens (primary N) is 1. The molecule has 0 saturated carbocycles. The van der Waals surface area contributed by atoms with Crippen LogP contribution in [0, 0.1) is 5.41 Å². The normalized spacial score (nSPS) is 10.3. The molecule has 0 aliphatic heterocycles. The van der Waals surface area contributed by atoms with Crippen molar-refractivity contribution in [1.29, 1.82) is 5.41 Å². The molecule has 7 nitrogen and oxygen atoms in total. The summed E-state index contributed by atoms with van der Waals surface area (Å²) in [4.78, 5) is 22.7. The molecule has 0 aromatic heterocycles. The Bertz CT molecular complexity index is 798. The van der Waals surface area contributed by atoms with Crippen molar-refractivity contribution < 1.29 is 14.7 Å². The van der Waals surface area contributed by atoms with Crippen molar-refractivity contribution in [3.63, 3.8) is 0 Å². The van der Waals surface area contributed by atoms with Crippen LogP contribution in [-0.4, -0.2) is 22.9 Å².